The van der Waals surface area contributed by atoms with Crippen molar-refractivity contribution >= 4 is 0 Å². The fraction of sp³-hybridized carbons (Fsp3) is 0.467. The van der Waals surface area contributed by atoms with Gasteiger partial charge in [-0.05, 0) is 38.2 Å². The SMILES string of the molecule is C=C(C)CC(CC)Cc1ccc(C)cc1. The molecule has 1 aromatic rings. The van der Waals surface area contributed by atoms with Gasteiger partial charge in [0.05, 0.1) is 0 Å². The lowest BCUT2D eigenvalue weighted by Gasteiger charge is -2.14. The van der Waals surface area contributed by atoms with Gasteiger partial charge in [-0.3, -0.25) is 0 Å². The largest absolute Gasteiger partial charge is 0.100 e. The van der Waals surface area contributed by atoms with E-state index in [1.807, 2.05) is 0 Å². The molecule has 15 heavy (non-hydrogen) atoms. The predicted molar refractivity (Wildman–Crippen MR) is 68.1 cm³/mol. The fourth-order valence-electron chi connectivity index (χ4n) is 1.91. The molecule has 82 valence electrons. The number of allylic oxidation sites excluding steroid dienone is 1. The number of rotatable bonds is 5. The van der Waals surface area contributed by atoms with E-state index in [1.165, 1.54) is 29.5 Å². The Labute approximate surface area is 94.0 Å². The maximum absolute atomic E-state index is 4.00. The monoisotopic (exact) mass is 202 g/mol. The molecule has 0 nitrogen and oxygen atoms in total. The molecule has 0 aliphatic heterocycles. The average Bonchev–Trinajstić information content (AvgIpc) is 2.19. The number of hydrogen-bond donors (Lipinski definition) is 0. The van der Waals surface area contributed by atoms with Gasteiger partial charge < -0.3 is 0 Å². The summed E-state index contributed by atoms with van der Waals surface area (Å²) in [6.45, 7) is 10.5. The fourth-order valence-corrected chi connectivity index (χ4v) is 1.91. The minimum absolute atomic E-state index is 0.755. The second-order valence-electron chi connectivity index (χ2n) is 4.63. The van der Waals surface area contributed by atoms with Crippen LogP contribution in [0, 0.1) is 12.8 Å². The van der Waals surface area contributed by atoms with Crippen molar-refractivity contribution in [1.82, 2.24) is 0 Å². The molecule has 1 unspecified atom stereocenters. The van der Waals surface area contributed by atoms with Crippen molar-refractivity contribution in [3.05, 3.63) is 47.5 Å². The minimum Gasteiger partial charge on any atom is -0.100 e. The third-order valence-electron chi connectivity index (χ3n) is 2.86. The normalized spacial score (nSPS) is 12.5. The van der Waals surface area contributed by atoms with Crippen molar-refractivity contribution in [1.29, 1.82) is 0 Å². The van der Waals surface area contributed by atoms with E-state index in [4.69, 9.17) is 0 Å². The average molecular weight is 202 g/mol. The molecule has 0 heteroatoms. The lowest BCUT2D eigenvalue weighted by Crippen LogP contribution is -2.03. The third-order valence-corrected chi connectivity index (χ3v) is 2.86. The van der Waals surface area contributed by atoms with E-state index in [9.17, 15) is 0 Å². The maximum Gasteiger partial charge on any atom is -0.0247 e. The van der Waals surface area contributed by atoms with Gasteiger partial charge in [0, 0.05) is 0 Å². The summed E-state index contributed by atoms with van der Waals surface area (Å²) in [5.74, 6) is 0.755. The molecule has 0 N–H and O–H groups in total. The predicted octanol–water partition coefficient (Wildman–Crippen LogP) is 4.53. The number of benzene rings is 1. The van der Waals surface area contributed by atoms with Crippen LogP contribution in [0.1, 0.15) is 37.8 Å². The van der Waals surface area contributed by atoms with Crippen LogP contribution in [0.2, 0.25) is 0 Å². The zero-order chi connectivity index (χ0) is 11.3. The Morgan fingerprint density at radius 2 is 1.87 bits per heavy atom. The highest BCUT2D eigenvalue weighted by Gasteiger charge is 2.07. The van der Waals surface area contributed by atoms with Gasteiger partial charge in [0.2, 0.25) is 0 Å². The second kappa shape index (κ2) is 5.75. The summed E-state index contributed by atoms with van der Waals surface area (Å²) in [6, 6.07) is 8.89. The van der Waals surface area contributed by atoms with Crippen LogP contribution in [-0.2, 0) is 6.42 Å². The van der Waals surface area contributed by atoms with E-state index < -0.39 is 0 Å². The molecule has 1 atom stereocenters. The van der Waals surface area contributed by atoms with Gasteiger partial charge in [-0.1, -0.05) is 48.7 Å². The highest BCUT2D eigenvalue weighted by atomic mass is 14.1. The molecule has 0 aliphatic rings. The molecule has 0 spiro atoms. The van der Waals surface area contributed by atoms with Gasteiger partial charge in [0.1, 0.15) is 0 Å². The molecule has 0 aliphatic carbocycles. The third kappa shape index (κ3) is 4.33. The zero-order valence-corrected chi connectivity index (χ0v) is 10.2. The standard InChI is InChI=1S/C15H22/c1-5-14(10-12(2)3)11-15-8-6-13(4)7-9-15/h6-9,14H,2,5,10-11H2,1,3-4H3. The minimum atomic E-state index is 0.755. The summed E-state index contributed by atoms with van der Waals surface area (Å²) in [5.41, 5.74) is 4.09. The summed E-state index contributed by atoms with van der Waals surface area (Å²) in [7, 11) is 0. The van der Waals surface area contributed by atoms with Gasteiger partial charge in [0.25, 0.3) is 0 Å². The van der Waals surface area contributed by atoms with Crippen molar-refractivity contribution in [2.45, 2.75) is 40.0 Å². The summed E-state index contributed by atoms with van der Waals surface area (Å²) < 4.78 is 0. The first-order valence-corrected chi connectivity index (χ1v) is 5.81. The first-order valence-electron chi connectivity index (χ1n) is 5.81. The van der Waals surface area contributed by atoms with Gasteiger partial charge in [-0.25, -0.2) is 0 Å². The van der Waals surface area contributed by atoms with Crippen LogP contribution in [0.4, 0.5) is 0 Å². The van der Waals surface area contributed by atoms with E-state index in [0.29, 0.717) is 0 Å². The smallest absolute Gasteiger partial charge is 0.0247 e. The highest BCUT2D eigenvalue weighted by Crippen LogP contribution is 2.19. The number of hydrogen-bond acceptors (Lipinski definition) is 0. The topological polar surface area (TPSA) is 0 Å². The molecule has 0 radical (unpaired) electrons. The lowest BCUT2D eigenvalue weighted by molar-refractivity contribution is 0.502. The zero-order valence-electron chi connectivity index (χ0n) is 10.2. The molecular formula is C15H22. The second-order valence-corrected chi connectivity index (χ2v) is 4.63. The Bertz CT molecular complexity index is 305. The van der Waals surface area contributed by atoms with Gasteiger partial charge in [0.15, 0.2) is 0 Å². The quantitative estimate of drug-likeness (QED) is 0.615. The molecular weight excluding hydrogens is 180 g/mol. The first-order chi connectivity index (χ1) is 7.11. The van der Waals surface area contributed by atoms with E-state index in [0.717, 1.165) is 12.3 Å². The molecule has 1 rings (SSSR count). The van der Waals surface area contributed by atoms with Crippen LogP contribution in [0.5, 0.6) is 0 Å². The van der Waals surface area contributed by atoms with E-state index in [2.05, 4.69) is 51.6 Å². The van der Waals surface area contributed by atoms with Crippen LogP contribution in [0.15, 0.2) is 36.4 Å². The van der Waals surface area contributed by atoms with Crippen molar-refractivity contribution in [3.8, 4) is 0 Å². The van der Waals surface area contributed by atoms with Gasteiger partial charge >= 0.3 is 0 Å². The summed E-state index contributed by atoms with van der Waals surface area (Å²) in [5, 5.41) is 0. The van der Waals surface area contributed by atoms with Crippen LogP contribution < -0.4 is 0 Å². The molecule has 0 aromatic heterocycles. The molecule has 0 fully saturated rings. The summed E-state index contributed by atoms with van der Waals surface area (Å²) in [4.78, 5) is 0. The summed E-state index contributed by atoms with van der Waals surface area (Å²) in [6.07, 6.45) is 3.58. The number of aryl methyl sites for hydroxylation is 1. The van der Waals surface area contributed by atoms with Gasteiger partial charge in [-0.2, -0.15) is 0 Å². The Kier molecular flexibility index (Phi) is 4.61. The molecule has 0 saturated carbocycles. The lowest BCUT2D eigenvalue weighted by atomic mass is 9.91. The van der Waals surface area contributed by atoms with Crippen LogP contribution in [0.25, 0.3) is 0 Å². The molecule has 1 aromatic carbocycles. The Hall–Kier alpha value is -1.04. The van der Waals surface area contributed by atoms with E-state index in [-0.39, 0.29) is 0 Å². The molecule has 0 amide bonds. The van der Waals surface area contributed by atoms with Crippen LogP contribution in [0.3, 0.4) is 0 Å². The Balaban J connectivity index is 2.58. The van der Waals surface area contributed by atoms with Crippen molar-refractivity contribution < 1.29 is 0 Å². The molecule has 0 heterocycles. The van der Waals surface area contributed by atoms with Crippen molar-refractivity contribution in [3.63, 3.8) is 0 Å². The van der Waals surface area contributed by atoms with Crippen molar-refractivity contribution in [2.24, 2.45) is 5.92 Å². The maximum atomic E-state index is 4.00. The first kappa shape index (κ1) is 12.0. The van der Waals surface area contributed by atoms with Crippen LogP contribution >= 0.6 is 0 Å². The van der Waals surface area contributed by atoms with Crippen molar-refractivity contribution in [2.75, 3.05) is 0 Å². The van der Waals surface area contributed by atoms with E-state index >= 15 is 0 Å². The Morgan fingerprint density at radius 1 is 1.27 bits per heavy atom. The molecule has 0 bridgehead atoms. The van der Waals surface area contributed by atoms with Crippen LogP contribution in [-0.4, -0.2) is 0 Å². The molecule has 0 saturated heterocycles. The van der Waals surface area contributed by atoms with Gasteiger partial charge in [-0.15, -0.1) is 6.58 Å². The summed E-state index contributed by atoms with van der Waals surface area (Å²) >= 11 is 0. The Morgan fingerprint density at radius 3 is 2.33 bits per heavy atom. The highest BCUT2D eigenvalue weighted by molar-refractivity contribution is 5.21. The van der Waals surface area contributed by atoms with E-state index in [1.54, 1.807) is 0 Å².